The van der Waals surface area contributed by atoms with E-state index in [1.807, 2.05) is 0 Å². The van der Waals surface area contributed by atoms with E-state index < -0.39 is 5.97 Å². The first-order valence-corrected chi connectivity index (χ1v) is 7.73. The first-order valence-electron chi connectivity index (χ1n) is 6.18. The maximum atomic E-state index is 11.7. The first kappa shape index (κ1) is 16.9. The number of carbonyl (C=O) groups excluding carboxylic acids is 1. The quantitative estimate of drug-likeness (QED) is 0.746. The van der Waals surface area contributed by atoms with Crippen molar-refractivity contribution < 1.29 is 14.3 Å². The van der Waals surface area contributed by atoms with Crippen LogP contribution in [0.15, 0.2) is 28.9 Å². The van der Waals surface area contributed by atoms with Gasteiger partial charge in [0.05, 0.1) is 22.3 Å². The number of ether oxygens (including phenoxy) is 2. The second-order valence-corrected chi connectivity index (χ2v) is 5.71. The van der Waals surface area contributed by atoms with Gasteiger partial charge in [-0.25, -0.2) is 9.78 Å². The smallest absolute Gasteiger partial charge is 0.341 e. The molecule has 0 saturated heterocycles. The van der Waals surface area contributed by atoms with Gasteiger partial charge in [0.15, 0.2) is 0 Å². The van der Waals surface area contributed by atoms with Gasteiger partial charge in [0.25, 0.3) is 0 Å². The van der Waals surface area contributed by atoms with Crippen molar-refractivity contribution in [2.45, 2.75) is 6.92 Å². The summed E-state index contributed by atoms with van der Waals surface area (Å²) in [5.41, 5.74) is 6.25. The van der Waals surface area contributed by atoms with E-state index in [0.29, 0.717) is 20.3 Å². The molecule has 0 aliphatic carbocycles. The molecule has 5 nitrogen and oxygen atoms in total. The highest BCUT2D eigenvalue weighted by molar-refractivity contribution is 9.10. The van der Waals surface area contributed by atoms with Crippen molar-refractivity contribution in [3.05, 3.63) is 44.5 Å². The number of pyridine rings is 1. The summed E-state index contributed by atoms with van der Waals surface area (Å²) in [4.78, 5) is 15.8. The van der Waals surface area contributed by atoms with Crippen LogP contribution in [0.1, 0.15) is 17.3 Å². The van der Waals surface area contributed by atoms with Crippen LogP contribution in [0, 0.1) is 0 Å². The zero-order chi connectivity index (χ0) is 16.3. The molecule has 0 radical (unpaired) electrons. The van der Waals surface area contributed by atoms with Crippen LogP contribution in [0.4, 0.5) is 5.69 Å². The number of rotatable bonds is 4. The maximum absolute atomic E-state index is 11.7. The minimum atomic E-state index is -0.547. The van der Waals surface area contributed by atoms with Gasteiger partial charge in [0.2, 0.25) is 5.88 Å². The van der Waals surface area contributed by atoms with Crippen LogP contribution in [0.3, 0.4) is 0 Å². The molecule has 0 atom stereocenters. The number of nitrogen functional groups attached to an aromatic ring is 1. The molecule has 116 valence electrons. The Labute approximate surface area is 145 Å². The average molecular weight is 406 g/mol. The molecule has 1 aromatic carbocycles. The minimum Gasteiger partial charge on any atom is -0.462 e. The van der Waals surface area contributed by atoms with Crippen molar-refractivity contribution in [3.63, 3.8) is 0 Å². The Morgan fingerprint density at radius 2 is 2.09 bits per heavy atom. The molecule has 8 heteroatoms. The highest BCUT2D eigenvalue weighted by Gasteiger charge is 2.18. The Morgan fingerprint density at radius 3 is 2.73 bits per heavy atom. The molecule has 0 spiro atoms. The van der Waals surface area contributed by atoms with Crippen LogP contribution >= 0.6 is 39.1 Å². The third kappa shape index (κ3) is 3.63. The molecule has 2 N–H and O–H groups in total. The number of nitrogens with two attached hydrogens (primary N) is 1. The molecule has 0 unspecified atom stereocenters. The summed E-state index contributed by atoms with van der Waals surface area (Å²) in [6, 6.07) is 4.79. The number of nitrogens with zero attached hydrogens (tertiary/aromatic N) is 1. The summed E-state index contributed by atoms with van der Waals surface area (Å²) in [5, 5.41) is 0.768. The van der Waals surface area contributed by atoms with Crippen LogP contribution in [-0.2, 0) is 4.74 Å². The van der Waals surface area contributed by atoms with E-state index in [9.17, 15) is 4.79 Å². The van der Waals surface area contributed by atoms with E-state index in [-0.39, 0.29) is 23.7 Å². The van der Waals surface area contributed by atoms with Crippen molar-refractivity contribution >= 4 is 50.8 Å². The second kappa shape index (κ2) is 7.17. The summed E-state index contributed by atoms with van der Waals surface area (Å²) >= 11 is 15.0. The summed E-state index contributed by atoms with van der Waals surface area (Å²) in [6.45, 7) is 1.95. The van der Waals surface area contributed by atoms with Crippen LogP contribution in [0.25, 0.3) is 0 Å². The van der Waals surface area contributed by atoms with E-state index in [0.717, 1.165) is 0 Å². The number of esters is 1. The van der Waals surface area contributed by atoms with Gasteiger partial charge in [-0.15, -0.1) is 0 Å². The van der Waals surface area contributed by atoms with Crippen molar-refractivity contribution in [2.75, 3.05) is 12.3 Å². The topological polar surface area (TPSA) is 74.4 Å². The van der Waals surface area contributed by atoms with E-state index in [2.05, 4.69) is 20.9 Å². The van der Waals surface area contributed by atoms with Gasteiger partial charge in [-0.05, 0) is 35.0 Å². The number of hydrogen-bond acceptors (Lipinski definition) is 5. The lowest BCUT2D eigenvalue weighted by Gasteiger charge is -2.11. The van der Waals surface area contributed by atoms with Crippen molar-refractivity contribution in [3.8, 4) is 11.6 Å². The number of halogens is 3. The lowest BCUT2D eigenvalue weighted by Crippen LogP contribution is -2.09. The number of anilines is 1. The van der Waals surface area contributed by atoms with Crippen molar-refractivity contribution in [2.24, 2.45) is 0 Å². The van der Waals surface area contributed by atoms with E-state index >= 15 is 0 Å². The monoisotopic (exact) mass is 404 g/mol. The van der Waals surface area contributed by atoms with E-state index in [1.54, 1.807) is 25.1 Å². The second-order valence-electron chi connectivity index (χ2n) is 4.10. The molecule has 0 fully saturated rings. The Bertz CT molecular complexity index is 725. The van der Waals surface area contributed by atoms with E-state index in [4.69, 9.17) is 38.4 Å². The molecule has 1 aromatic heterocycles. The summed E-state index contributed by atoms with van der Waals surface area (Å²) in [5.74, 6) is 0.0871. The molecule has 22 heavy (non-hydrogen) atoms. The molecule has 2 rings (SSSR count). The summed E-state index contributed by atoms with van der Waals surface area (Å²) in [6.07, 6.45) is 1.30. The standard InChI is InChI=1S/C14H11BrCl2N2O3/c1-2-21-14(20)8-6-19-13(11(15)12(8)18)22-7-3-4-9(16)10(17)5-7/h3-6H,2H2,1H3,(H2,18,19). The summed E-state index contributed by atoms with van der Waals surface area (Å²) < 4.78 is 10.8. The van der Waals surface area contributed by atoms with Crippen LogP contribution in [0.2, 0.25) is 10.0 Å². The van der Waals surface area contributed by atoms with Crippen LogP contribution in [0.5, 0.6) is 11.6 Å². The average Bonchev–Trinajstić information content (AvgIpc) is 2.48. The largest absolute Gasteiger partial charge is 0.462 e. The minimum absolute atomic E-state index is 0.162. The van der Waals surface area contributed by atoms with Crippen molar-refractivity contribution in [1.82, 2.24) is 4.98 Å². The molecule has 0 aliphatic rings. The first-order chi connectivity index (χ1) is 10.4. The summed E-state index contributed by atoms with van der Waals surface area (Å²) in [7, 11) is 0. The fraction of sp³-hybridized carbons (Fsp3) is 0.143. The zero-order valence-electron chi connectivity index (χ0n) is 11.4. The van der Waals surface area contributed by atoms with Gasteiger partial charge in [-0.3, -0.25) is 0 Å². The van der Waals surface area contributed by atoms with Gasteiger partial charge >= 0.3 is 5.97 Å². The van der Waals surface area contributed by atoms with Gasteiger partial charge in [0, 0.05) is 12.3 Å². The molecule has 2 aromatic rings. The van der Waals surface area contributed by atoms with Crippen LogP contribution < -0.4 is 10.5 Å². The predicted octanol–water partition coefficient (Wildman–Crippen LogP) is 4.70. The number of carbonyl (C=O) groups is 1. The van der Waals surface area contributed by atoms with Crippen LogP contribution in [-0.4, -0.2) is 17.6 Å². The molecule has 0 saturated carbocycles. The Kier molecular flexibility index (Phi) is 5.50. The molecular weight excluding hydrogens is 395 g/mol. The normalized spacial score (nSPS) is 10.4. The lowest BCUT2D eigenvalue weighted by atomic mass is 10.2. The third-order valence-corrected chi connectivity index (χ3v) is 4.13. The van der Waals surface area contributed by atoms with Crippen molar-refractivity contribution in [1.29, 1.82) is 0 Å². The van der Waals surface area contributed by atoms with Gasteiger partial charge in [0.1, 0.15) is 15.8 Å². The molecule has 0 aliphatic heterocycles. The number of aromatic nitrogens is 1. The van der Waals surface area contributed by atoms with E-state index in [1.165, 1.54) is 6.20 Å². The number of benzene rings is 1. The third-order valence-electron chi connectivity index (χ3n) is 2.63. The highest BCUT2D eigenvalue weighted by Crippen LogP contribution is 2.35. The fourth-order valence-corrected chi connectivity index (χ4v) is 2.26. The van der Waals surface area contributed by atoms with Gasteiger partial charge < -0.3 is 15.2 Å². The number of hydrogen-bond donors (Lipinski definition) is 1. The fourth-order valence-electron chi connectivity index (χ4n) is 1.58. The maximum Gasteiger partial charge on any atom is 0.341 e. The molecule has 0 amide bonds. The molecule has 0 bridgehead atoms. The molecule has 1 heterocycles. The Morgan fingerprint density at radius 1 is 1.36 bits per heavy atom. The highest BCUT2D eigenvalue weighted by atomic mass is 79.9. The Hall–Kier alpha value is -1.50. The zero-order valence-corrected chi connectivity index (χ0v) is 14.5. The molecular formula is C14H11BrCl2N2O3. The Balaban J connectivity index is 2.31. The van der Waals surface area contributed by atoms with Gasteiger partial charge in [-0.1, -0.05) is 23.2 Å². The lowest BCUT2D eigenvalue weighted by molar-refractivity contribution is 0.0527. The predicted molar refractivity (Wildman–Crippen MR) is 88.8 cm³/mol. The SMILES string of the molecule is CCOC(=O)c1cnc(Oc2ccc(Cl)c(Cl)c2)c(Br)c1N. The van der Waals surface area contributed by atoms with Gasteiger partial charge in [-0.2, -0.15) is 0 Å².